The molecule has 0 aliphatic rings. The average Bonchev–Trinajstić information content (AvgIpc) is 2.18. The highest BCUT2D eigenvalue weighted by Crippen LogP contribution is 2.32. The molecule has 0 radical (unpaired) electrons. The number of nitrogens with one attached hydrogen (secondary N) is 1. The molecule has 1 aromatic carbocycles. The lowest BCUT2D eigenvalue weighted by Gasteiger charge is -2.19. The first-order valence-electron chi connectivity index (χ1n) is 4.16. The van der Waals surface area contributed by atoms with Crippen LogP contribution in [0.15, 0.2) is 24.3 Å². The van der Waals surface area contributed by atoms with Crippen LogP contribution in [0.2, 0.25) is 0 Å². The van der Waals surface area contributed by atoms with E-state index in [2.05, 4.69) is 0 Å². The SMILES string of the molecule is COc1ccc([C@H](NN)C(F)(F)F)cc1. The van der Waals surface area contributed by atoms with Gasteiger partial charge in [-0.3, -0.25) is 5.84 Å². The highest BCUT2D eigenvalue weighted by molar-refractivity contribution is 5.29. The van der Waals surface area contributed by atoms with Crippen molar-refractivity contribution in [2.24, 2.45) is 5.84 Å². The van der Waals surface area contributed by atoms with Crippen LogP contribution in [0.3, 0.4) is 0 Å². The Kier molecular flexibility index (Phi) is 3.54. The van der Waals surface area contributed by atoms with Gasteiger partial charge in [0.1, 0.15) is 11.8 Å². The normalized spacial score (nSPS) is 13.7. The van der Waals surface area contributed by atoms with Crippen molar-refractivity contribution >= 4 is 0 Å². The van der Waals surface area contributed by atoms with E-state index in [4.69, 9.17) is 10.6 Å². The molecule has 0 heterocycles. The first-order chi connectivity index (χ1) is 6.99. The van der Waals surface area contributed by atoms with E-state index in [0.717, 1.165) is 0 Å². The molecule has 0 amide bonds. The van der Waals surface area contributed by atoms with Gasteiger partial charge >= 0.3 is 6.18 Å². The van der Waals surface area contributed by atoms with Gasteiger partial charge in [0, 0.05) is 0 Å². The third kappa shape index (κ3) is 2.84. The van der Waals surface area contributed by atoms with Crippen molar-refractivity contribution in [2.75, 3.05) is 7.11 Å². The molecule has 3 nitrogen and oxygen atoms in total. The maximum Gasteiger partial charge on any atom is 0.409 e. The molecule has 0 fully saturated rings. The Morgan fingerprint density at radius 3 is 2.13 bits per heavy atom. The van der Waals surface area contributed by atoms with Crippen LogP contribution in [0.4, 0.5) is 13.2 Å². The Hall–Kier alpha value is -1.27. The van der Waals surface area contributed by atoms with Gasteiger partial charge in [0.15, 0.2) is 0 Å². The number of halogens is 3. The molecule has 1 rings (SSSR count). The highest BCUT2D eigenvalue weighted by atomic mass is 19.4. The van der Waals surface area contributed by atoms with Crippen LogP contribution in [-0.2, 0) is 0 Å². The molecule has 0 spiro atoms. The van der Waals surface area contributed by atoms with Crippen LogP contribution < -0.4 is 16.0 Å². The minimum atomic E-state index is -4.41. The van der Waals surface area contributed by atoms with Gasteiger partial charge in [-0.2, -0.15) is 13.2 Å². The predicted molar refractivity (Wildman–Crippen MR) is 49.1 cm³/mol. The molecule has 0 saturated heterocycles. The zero-order valence-electron chi connectivity index (χ0n) is 8.01. The number of hydrazine groups is 1. The average molecular weight is 220 g/mol. The third-order valence-electron chi connectivity index (χ3n) is 1.94. The van der Waals surface area contributed by atoms with E-state index in [0.29, 0.717) is 5.75 Å². The Labute approximate surface area is 85.0 Å². The van der Waals surface area contributed by atoms with Crippen LogP contribution in [0.5, 0.6) is 5.75 Å². The number of nitrogens with two attached hydrogens (primary N) is 1. The van der Waals surface area contributed by atoms with Gasteiger partial charge in [0.25, 0.3) is 0 Å². The molecule has 3 N–H and O–H groups in total. The van der Waals surface area contributed by atoms with Gasteiger partial charge in [-0.15, -0.1) is 0 Å². The van der Waals surface area contributed by atoms with Crippen LogP contribution in [0, 0.1) is 0 Å². The Morgan fingerprint density at radius 1 is 1.27 bits per heavy atom. The molecule has 1 atom stereocenters. The first-order valence-corrected chi connectivity index (χ1v) is 4.16. The lowest BCUT2D eigenvalue weighted by Crippen LogP contribution is -2.38. The van der Waals surface area contributed by atoms with Gasteiger partial charge in [-0.05, 0) is 17.7 Å². The van der Waals surface area contributed by atoms with Crippen LogP contribution in [-0.4, -0.2) is 13.3 Å². The predicted octanol–water partition coefficient (Wildman–Crippen LogP) is 1.76. The second-order valence-corrected chi connectivity index (χ2v) is 2.91. The summed E-state index contributed by atoms with van der Waals surface area (Å²) in [4.78, 5) is 0. The summed E-state index contributed by atoms with van der Waals surface area (Å²) in [5.41, 5.74) is 1.78. The van der Waals surface area contributed by atoms with E-state index in [1.165, 1.54) is 31.4 Å². The summed E-state index contributed by atoms with van der Waals surface area (Å²) >= 11 is 0. The first kappa shape index (κ1) is 11.8. The van der Waals surface area contributed by atoms with Crippen LogP contribution >= 0.6 is 0 Å². The van der Waals surface area contributed by atoms with Gasteiger partial charge < -0.3 is 4.74 Å². The standard InChI is InChI=1S/C9H11F3N2O/c1-15-7-4-2-6(3-5-7)8(14-13)9(10,11)12/h2-5,8,14H,13H2,1H3/t8-/m0/s1. The molecule has 0 aliphatic carbocycles. The Bertz CT molecular complexity index is 310. The van der Waals surface area contributed by atoms with Crippen LogP contribution in [0.1, 0.15) is 11.6 Å². The monoisotopic (exact) mass is 220 g/mol. The summed E-state index contributed by atoms with van der Waals surface area (Å²) in [6.45, 7) is 0. The van der Waals surface area contributed by atoms with Crippen molar-refractivity contribution < 1.29 is 17.9 Å². The fourth-order valence-electron chi connectivity index (χ4n) is 1.18. The van der Waals surface area contributed by atoms with E-state index in [-0.39, 0.29) is 5.56 Å². The van der Waals surface area contributed by atoms with Crippen molar-refractivity contribution in [3.8, 4) is 5.75 Å². The molecule has 84 valence electrons. The summed E-state index contributed by atoms with van der Waals surface area (Å²) in [5.74, 6) is 5.36. The van der Waals surface area contributed by atoms with E-state index in [1.54, 1.807) is 5.43 Å². The van der Waals surface area contributed by atoms with Gasteiger partial charge in [-0.25, -0.2) is 5.43 Å². The second kappa shape index (κ2) is 4.50. The molecular formula is C9H11F3N2O. The lowest BCUT2D eigenvalue weighted by atomic mass is 10.1. The molecule has 0 saturated carbocycles. The second-order valence-electron chi connectivity index (χ2n) is 2.91. The topological polar surface area (TPSA) is 47.3 Å². The molecule has 1 aromatic rings. The van der Waals surface area contributed by atoms with Gasteiger partial charge in [0.2, 0.25) is 0 Å². The van der Waals surface area contributed by atoms with Gasteiger partial charge in [0.05, 0.1) is 7.11 Å². The number of rotatable bonds is 3. The molecule has 6 heteroatoms. The summed E-state index contributed by atoms with van der Waals surface area (Å²) in [6.07, 6.45) is -4.41. The smallest absolute Gasteiger partial charge is 0.409 e. The number of ether oxygens (including phenoxy) is 1. The maximum absolute atomic E-state index is 12.4. The summed E-state index contributed by atoms with van der Waals surface area (Å²) < 4.78 is 42.1. The minimum Gasteiger partial charge on any atom is -0.497 e. The molecule has 0 aliphatic heterocycles. The summed E-state index contributed by atoms with van der Waals surface area (Å²) in [7, 11) is 1.44. The summed E-state index contributed by atoms with van der Waals surface area (Å²) in [5, 5.41) is 0. The van der Waals surface area contributed by atoms with Crippen molar-refractivity contribution in [1.82, 2.24) is 5.43 Å². The molecule has 0 bridgehead atoms. The Morgan fingerprint density at radius 2 is 1.80 bits per heavy atom. The quantitative estimate of drug-likeness (QED) is 0.602. The molecular weight excluding hydrogens is 209 g/mol. The zero-order chi connectivity index (χ0) is 11.5. The third-order valence-corrected chi connectivity index (χ3v) is 1.94. The van der Waals surface area contributed by atoms with Crippen molar-refractivity contribution in [3.63, 3.8) is 0 Å². The van der Waals surface area contributed by atoms with Crippen molar-refractivity contribution in [2.45, 2.75) is 12.2 Å². The molecule has 0 unspecified atom stereocenters. The van der Waals surface area contributed by atoms with E-state index in [1.807, 2.05) is 0 Å². The summed E-state index contributed by atoms with van der Waals surface area (Å²) in [6, 6.07) is 3.67. The Balaban J connectivity index is 2.93. The van der Waals surface area contributed by atoms with Crippen molar-refractivity contribution in [1.29, 1.82) is 0 Å². The van der Waals surface area contributed by atoms with E-state index >= 15 is 0 Å². The number of hydrogen-bond acceptors (Lipinski definition) is 3. The fraction of sp³-hybridized carbons (Fsp3) is 0.333. The van der Waals surface area contributed by atoms with Crippen LogP contribution in [0.25, 0.3) is 0 Å². The fourth-order valence-corrected chi connectivity index (χ4v) is 1.18. The number of hydrogen-bond donors (Lipinski definition) is 2. The zero-order valence-corrected chi connectivity index (χ0v) is 8.01. The minimum absolute atomic E-state index is 0.0470. The number of methoxy groups -OCH3 is 1. The lowest BCUT2D eigenvalue weighted by molar-refractivity contribution is -0.157. The maximum atomic E-state index is 12.4. The highest BCUT2D eigenvalue weighted by Gasteiger charge is 2.39. The van der Waals surface area contributed by atoms with Gasteiger partial charge in [-0.1, -0.05) is 12.1 Å². The number of alkyl halides is 3. The molecule has 0 aromatic heterocycles. The number of benzene rings is 1. The largest absolute Gasteiger partial charge is 0.497 e. The molecule has 15 heavy (non-hydrogen) atoms. The van der Waals surface area contributed by atoms with Crippen molar-refractivity contribution in [3.05, 3.63) is 29.8 Å². The van der Waals surface area contributed by atoms with E-state index in [9.17, 15) is 13.2 Å². The van der Waals surface area contributed by atoms with E-state index < -0.39 is 12.2 Å².